The lowest BCUT2D eigenvalue weighted by atomic mass is 10.1. The maximum atomic E-state index is 13.2. The van der Waals surface area contributed by atoms with Gasteiger partial charge in [0.2, 0.25) is 5.91 Å². The van der Waals surface area contributed by atoms with Crippen LogP contribution in [0.25, 0.3) is 0 Å². The highest BCUT2D eigenvalue weighted by Gasteiger charge is 2.18. The van der Waals surface area contributed by atoms with Crippen LogP contribution in [0.15, 0.2) is 78.9 Å². The van der Waals surface area contributed by atoms with E-state index in [1.54, 1.807) is 30.2 Å². The molecule has 0 aliphatic heterocycles. The highest BCUT2D eigenvalue weighted by Crippen LogP contribution is 2.29. The number of carbonyl (C=O) groups excluding carboxylic acids is 2. The number of methoxy groups -OCH3 is 2. The molecule has 3 amide bonds. The molecule has 0 bridgehead atoms. The fraction of sp³-hybridized carbons (Fsp3) is 0.259. The molecule has 0 spiro atoms. The summed E-state index contributed by atoms with van der Waals surface area (Å²) in [7, 11) is 3.10. The minimum atomic E-state index is -0.323. The largest absolute Gasteiger partial charge is 0.497 e. The minimum absolute atomic E-state index is 0.117. The molecule has 2 N–H and O–H groups in total. The van der Waals surface area contributed by atoms with Crippen molar-refractivity contribution in [2.75, 3.05) is 26.1 Å². The van der Waals surface area contributed by atoms with E-state index in [9.17, 15) is 9.59 Å². The van der Waals surface area contributed by atoms with Gasteiger partial charge in [0.05, 0.1) is 25.9 Å². The van der Waals surface area contributed by atoms with Gasteiger partial charge in [-0.15, -0.1) is 0 Å². The monoisotopic (exact) mass is 461 g/mol. The third-order valence-electron chi connectivity index (χ3n) is 5.44. The first kappa shape index (κ1) is 24.6. The molecule has 0 aromatic heterocycles. The van der Waals surface area contributed by atoms with Crippen molar-refractivity contribution in [3.05, 3.63) is 90.0 Å². The van der Waals surface area contributed by atoms with Crippen molar-refractivity contribution in [2.45, 2.75) is 25.9 Å². The third-order valence-corrected chi connectivity index (χ3v) is 5.44. The van der Waals surface area contributed by atoms with Crippen LogP contribution in [-0.2, 0) is 11.3 Å². The SMILES string of the molecule is COc1ccc(NC(=O)N(CCC(=O)NC(C)c2ccccc2)Cc2ccccc2)c(OC)c1. The molecule has 0 heterocycles. The Bertz CT molecular complexity index is 1070. The van der Waals surface area contributed by atoms with Crippen LogP contribution in [0.1, 0.15) is 30.5 Å². The van der Waals surface area contributed by atoms with Crippen molar-refractivity contribution >= 4 is 17.6 Å². The Kier molecular flexibility index (Phi) is 8.91. The second kappa shape index (κ2) is 12.3. The fourth-order valence-electron chi connectivity index (χ4n) is 3.53. The van der Waals surface area contributed by atoms with Gasteiger partial charge in [-0.1, -0.05) is 60.7 Å². The molecule has 3 aromatic rings. The number of nitrogens with zero attached hydrogens (tertiary/aromatic N) is 1. The van der Waals surface area contributed by atoms with Crippen molar-refractivity contribution in [3.63, 3.8) is 0 Å². The average molecular weight is 462 g/mol. The molecule has 1 atom stereocenters. The number of anilines is 1. The van der Waals surface area contributed by atoms with Crippen LogP contribution in [-0.4, -0.2) is 37.6 Å². The zero-order chi connectivity index (χ0) is 24.3. The minimum Gasteiger partial charge on any atom is -0.497 e. The van der Waals surface area contributed by atoms with Crippen LogP contribution >= 0.6 is 0 Å². The Morgan fingerprint density at radius 2 is 1.59 bits per heavy atom. The van der Waals surface area contributed by atoms with Crippen LogP contribution in [0.5, 0.6) is 11.5 Å². The van der Waals surface area contributed by atoms with Gasteiger partial charge >= 0.3 is 6.03 Å². The zero-order valence-corrected chi connectivity index (χ0v) is 19.8. The lowest BCUT2D eigenvalue weighted by Crippen LogP contribution is -2.38. The summed E-state index contributed by atoms with van der Waals surface area (Å²) in [6.45, 7) is 2.57. The molecule has 178 valence electrons. The summed E-state index contributed by atoms with van der Waals surface area (Å²) in [6.07, 6.45) is 0.178. The number of rotatable bonds is 10. The molecule has 0 saturated heterocycles. The topological polar surface area (TPSA) is 79.9 Å². The van der Waals surface area contributed by atoms with Gasteiger partial charge in [0.25, 0.3) is 0 Å². The number of carbonyl (C=O) groups is 2. The van der Waals surface area contributed by atoms with Crippen molar-refractivity contribution in [1.29, 1.82) is 0 Å². The Labute approximate surface area is 200 Å². The van der Waals surface area contributed by atoms with Crippen molar-refractivity contribution < 1.29 is 19.1 Å². The number of benzene rings is 3. The van der Waals surface area contributed by atoms with Crippen molar-refractivity contribution in [3.8, 4) is 11.5 Å². The predicted molar refractivity (Wildman–Crippen MR) is 133 cm³/mol. The molecule has 3 aromatic carbocycles. The number of urea groups is 1. The Hall–Kier alpha value is -4.00. The second-order valence-electron chi connectivity index (χ2n) is 7.85. The molecule has 3 rings (SSSR count). The van der Waals surface area contributed by atoms with Crippen LogP contribution in [0.2, 0.25) is 0 Å². The summed E-state index contributed by atoms with van der Waals surface area (Å²) in [5, 5.41) is 5.90. The number of hydrogen-bond acceptors (Lipinski definition) is 4. The smallest absolute Gasteiger partial charge is 0.322 e. The first-order chi connectivity index (χ1) is 16.5. The van der Waals surface area contributed by atoms with E-state index >= 15 is 0 Å². The maximum Gasteiger partial charge on any atom is 0.322 e. The predicted octanol–water partition coefficient (Wildman–Crippen LogP) is 5.01. The number of amides is 3. The molecule has 34 heavy (non-hydrogen) atoms. The van der Waals surface area contributed by atoms with Gasteiger partial charge in [-0.3, -0.25) is 4.79 Å². The first-order valence-corrected chi connectivity index (χ1v) is 11.2. The van der Waals surface area contributed by atoms with E-state index in [2.05, 4.69) is 10.6 Å². The van der Waals surface area contributed by atoms with Gasteiger partial charge in [0.1, 0.15) is 11.5 Å². The standard InChI is InChI=1S/C27H31N3O4/c1-20(22-12-8-5-9-13-22)28-26(31)16-17-30(19-21-10-6-4-7-11-21)27(32)29-24-15-14-23(33-2)18-25(24)34-3/h4-15,18,20H,16-17,19H2,1-3H3,(H,28,31)(H,29,32). The highest BCUT2D eigenvalue weighted by atomic mass is 16.5. The quantitative estimate of drug-likeness (QED) is 0.445. The molecule has 0 aliphatic rings. The average Bonchev–Trinajstić information content (AvgIpc) is 2.87. The van der Waals surface area contributed by atoms with E-state index in [4.69, 9.17) is 9.47 Å². The van der Waals surface area contributed by atoms with E-state index in [1.807, 2.05) is 67.6 Å². The number of nitrogens with one attached hydrogen (secondary N) is 2. The lowest BCUT2D eigenvalue weighted by Gasteiger charge is -2.24. The summed E-state index contributed by atoms with van der Waals surface area (Å²) in [5.41, 5.74) is 2.52. The molecule has 1 unspecified atom stereocenters. The first-order valence-electron chi connectivity index (χ1n) is 11.2. The van der Waals surface area contributed by atoms with Gasteiger partial charge in [-0.2, -0.15) is 0 Å². The molecule has 0 aliphatic carbocycles. The third kappa shape index (κ3) is 7.00. The fourth-order valence-corrected chi connectivity index (χ4v) is 3.53. The summed E-state index contributed by atoms with van der Waals surface area (Å²) in [4.78, 5) is 27.4. The van der Waals surface area contributed by atoms with Crippen molar-refractivity contribution in [2.24, 2.45) is 0 Å². The molecule has 0 radical (unpaired) electrons. The second-order valence-corrected chi connectivity index (χ2v) is 7.85. The van der Waals surface area contributed by atoms with Crippen LogP contribution in [0.4, 0.5) is 10.5 Å². The normalized spacial score (nSPS) is 11.3. The Morgan fingerprint density at radius 1 is 0.912 bits per heavy atom. The summed E-state index contributed by atoms with van der Waals surface area (Å²) >= 11 is 0. The lowest BCUT2D eigenvalue weighted by molar-refractivity contribution is -0.121. The van der Waals surface area contributed by atoms with E-state index in [1.165, 1.54) is 7.11 Å². The summed E-state index contributed by atoms with van der Waals surface area (Å²) in [6, 6.07) is 24.2. The van der Waals surface area contributed by atoms with Gasteiger partial charge < -0.3 is 25.0 Å². The van der Waals surface area contributed by atoms with Gasteiger partial charge in [-0.05, 0) is 30.2 Å². The van der Waals surface area contributed by atoms with E-state index in [-0.39, 0.29) is 30.9 Å². The number of hydrogen-bond donors (Lipinski definition) is 2. The molecular formula is C27H31N3O4. The van der Waals surface area contributed by atoms with Gasteiger partial charge in [-0.25, -0.2) is 4.79 Å². The molecule has 0 fully saturated rings. The summed E-state index contributed by atoms with van der Waals surface area (Å²) in [5.74, 6) is 0.992. The van der Waals surface area contributed by atoms with Crippen LogP contribution < -0.4 is 20.1 Å². The van der Waals surface area contributed by atoms with Gasteiger partial charge in [0, 0.05) is 25.6 Å². The van der Waals surface area contributed by atoms with E-state index in [0.29, 0.717) is 23.7 Å². The highest BCUT2D eigenvalue weighted by molar-refractivity contribution is 5.91. The Morgan fingerprint density at radius 3 is 2.24 bits per heavy atom. The maximum absolute atomic E-state index is 13.2. The van der Waals surface area contributed by atoms with E-state index < -0.39 is 0 Å². The Balaban J connectivity index is 1.68. The van der Waals surface area contributed by atoms with E-state index in [0.717, 1.165) is 11.1 Å². The molecule has 0 saturated carbocycles. The summed E-state index contributed by atoms with van der Waals surface area (Å²) < 4.78 is 10.6. The van der Waals surface area contributed by atoms with Gasteiger partial charge in [0.15, 0.2) is 0 Å². The molecular weight excluding hydrogens is 430 g/mol. The van der Waals surface area contributed by atoms with Crippen LogP contribution in [0.3, 0.4) is 0 Å². The molecule has 7 heteroatoms. The number of ether oxygens (including phenoxy) is 2. The van der Waals surface area contributed by atoms with Crippen LogP contribution in [0, 0.1) is 0 Å². The molecule has 7 nitrogen and oxygen atoms in total. The van der Waals surface area contributed by atoms with Crippen molar-refractivity contribution in [1.82, 2.24) is 10.2 Å². The zero-order valence-electron chi connectivity index (χ0n) is 19.8.